The van der Waals surface area contributed by atoms with Gasteiger partial charge >= 0.3 is 0 Å². The third-order valence-corrected chi connectivity index (χ3v) is 4.76. The van der Waals surface area contributed by atoms with E-state index in [0.717, 1.165) is 18.4 Å². The number of nitrogens with one attached hydrogen (secondary N) is 1. The monoisotopic (exact) mass is 272 g/mol. The fourth-order valence-electron chi connectivity index (χ4n) is 2.33. The van der Waals surface area contributed by atoms with E-state index >= 15 is 0 Å². The number of hydrogen-bond donors (Lipinski definition) is 1. The third kappa shape index (κ3) is 3.34. The van der Waals surface area contributed by atoms with Crippen molar-refractivity contribution in [1.29, 1.82) is 0 Å². The molecule has 0 saturated carbocycles. The third-order valence-electron chi connectivity index (χ3n) is 3.45. The molecule has 0 bridgehead atoms. The Morgan fingerprint density at radius 2 is 2.11 bits per heavy atom. The number of piperidine rings is 1. The Morgan fingerprint density at radius 1 is 1.44 bits per heavy atom. The van der Waals surface area contributed by atoms with Crippen LogP contribution in [0, 0.1) is 0 Å². The van der Waals surface area contributed by atoms with Gasteiger partial charge in [0.25, 0.3) is 0 Å². The molecule has 1 saturated heterocycles. The maximum atomic E-state index is 11.4. The van der Waals surface area contributed by atoms with Crippen LogP contribution in [0.1, 0.15) is 31.4 Å². The second-order valence-corrected chi connectivity index (χ2v) is 6.86. The number of sulfonamides is 1. The molecule has 2 rings (SSSR count). The first-order valence-electron chi connectivity index (χ1n) is 6.20. The molecule has 102 valence electrons. The molecule has 1 fully saturated rings. The summed E-state index contributed by atoms with van der Waals surface area (Å²) in [5.74, 6) is 0. The van der Waals surface area contributed by atoms with E-state index in [0.29, 0.717) is 19.1 Å². The Labute approximate surface area is 108 Å². The van der Waals surface area contributed by atoms with Gasteiger partial charge in [-0.25, -0.2) is 12.7 Å². The number of hydrogen-bond acceptors (Lipinski definition) is 4. The minimum Gasteiger partial charge on any atom is -0.472 e. The summed E-state index contributed by atoms with van der Waals surface area (Å²) in [4.78, 5) is 0. The van der Waals surface area contributed by atoms with Gasteiger partial charge in [-0.3, -0.25) is 0 Å². The molecule has 1 unspecified atom stereocenters. The molecule has 6 heteroatoms. The summed E-state index contributed by atoms with van der Waals surface area (Å²) in [6.45, 7) is 3.30. The number of nitrogens with zero attached hydrogens (tertiary/aromatic N) is 1. The van der Waals surface area contributed by atoms with Crippen LogP contribution in [0.25, 0.3) is 0 Å². The summed E-state index contributed by atoms with van der Waals surface area (Å²) in [6.07, 6.45) is 6.39. The van der Waals surface area contributed by atoms with E-state index in [9.17, 15) is 8.42 Å². The fourth-order valence-corrected chi connectivity index (χ4v) is 3.20. The second-order valence-electron chi connectivity index (χ2n) is 4.88. The minimum atomic E-state index is -3.03. The van der Waals surface area contributed by atoms with Crippen LogP contribution < -0.4 is 5.32 Å². The summed E-state index contributed by atoms with van der Waals surface area (Å²) < 4.78 is 29.4. The van der Waals surface area contributed by atoms with Gasteiger partial charge in [-0.15, -0.1) is 0 Å². The predicted octanol–water partition coefficient (Wildman–Crippen LogP) is 1.35. The standard InChI is InChI=1S/C12H20N2O3S/c1-10(11-5-8-17-9-11)13-12-3-6-14(7-4-12)18(2,15)16/h5,8-10,12-13H,3-4,6-7H2,1-2H3. The normalized spacial score (nSPS) is 21.0. The molecule has 5 nitrogen and oxygen atoms in total. The van der Waals surface area contributed by atoms with E-state index in [-0.39, 0.29) is 6.04 Å². The Bertz CT molecular complexity index is 462. The van der Waals surface area contributed by atoms with Crippen LogP contribution in [0.3, 0.4) is 0 Å². The zero-order valence-electron chi connectivity index (χ0n) is 10.8. The van der Waals surface area contributed by atoms with Crippen molar-refractivity contribution in [3.63, 3.8) is 0 Å². The van der Waals surface area contributed by atoms with Crippen molar-refractivity contribution in [2.24, 2.45) is 0 Å². The Kier molecular flexibility index (Phi) is 4.09. The maximum absolute atomic E-state index is 11.4. The van der Waals surface area contributed by atoms with Gasteiger partial charge in [0.2, 0.25) is 10.0 Å². The van der Waals surface area contributed by atoms with E-state index in [2.05, 4.69) is 12.2 Å². The summed E-state index contributed by atoms with van der Waals surface area (Å²) in [7, 11) is -3.03. The molecule has 1 aromatic heterocycles. The zero-order chi connectivity index (χ0) is 13.2. The SMILES string of the molecule is CC(NC1CCN(S(C)(=O)=O)CC1)c1ccoc1. The lowest BCUT2D eigenvalue weighted by Gasteiger charge is -2.32. The number of rotatable bonds is 4. The van der Waals surface area contributed by atoms with Crippen molar-refractivity contribution < 1.29 is 12.8 Å². The zero-order valence-corrected chi connectivity index (χ0v) is 11.6. The van der Waals surface area contributed by atoms with Crippen LogP contribution in [0.5, 0.6) is 0 Å². The fraction of sp³-hybridized carbons (Fsp3) is 0.667. The van der Waals surface area contributed by atoms with E-state index in [4.69, 9.17) is 4.42 Å². The highest BCUT2D eigenvalue weighted by atomic mass is 32.2. The largest absolute Gasteiger partial charge is 0.472 e. The minimum absolute atomic E-state index is 0.235. The van der Waals surface area contributed by atoms with Crippen molar-refractivity contribution in [1.82, 2.24) is 9.62 Å². The smallest absolute Gasteiger partial charge is 0.211 e. The first kappa shape index (κ1) is 13.6. The summed E-state index contributed by atoms with van der Waals surface area (Å²) >= 11 is 0. The van der Waals surface area contributed by atoms with Gasteiger partial charge in [-0.05, 0) is 25.8 Å². The lowest BCUT2D eigenvalue weighted by molar-refractivity contribution is 0.278. The van der Waals surface area contributed by atoms with E-state index in [1.165, 1.54) is 6.26 Å². The van der Waals surface area contributed by atoms with Gasteiger partial charge in [0.1, 0.15) is 0 Å². The molecule has 0 aromatic carbocycles. The summed E-state index contributed by atoms with van der Waals surface area (Å²) in [6, 6.07) is 2.55. The first-order chi connectivity index (χ1) is 8.47. The molecule has 1 aliphatic rings. The average Bonchev–Trinajstić information content (AvgIpc) is 2.82. The van der Waals surface area contributed by atoms with E-state index < -0.39 is 10.0 Å². The van der Waals surface area contributed by atoms with Crippen molar-refractivity contribution in [3.8, 4) is 0 Å². The molecule has 18 heavy (non-hydrogen) atoms. The van der Waals surface area contributed by atoms with Gasteiger partial charge < -0.3 is 9.73 Å². The van der Waals surface area contributed by atoms with Crippen LogP contribution in [-0.4, -0.2) is 38.1 Å². The Balaban J connectivity index is 1.84. The molecule has 1 aliphatic heterocycles. The van der Waals surface area contributed by atoms with Crippen molar-refractivity contribution in [3.05, 3.63) is 24.2 Å². The van der Waals surface area contributed by atoms with Crippen LogP contribution in [0.4, 0.5) is 0 Å². The number of furan rings is 1. The summed E-state index contributed by atoms with van der Waals surface area (Å²) in [5, 5.41) is 3.51. The van der Waals surface area contributed by atoms with Crippen LogP contribution in [0.15, 0.2) is 23.0 Å². The Morgan fingerprint density at radius 3 is 2.61 bits per heavy atom. The highest BCUT2D eigenvalue weighted by molar-refractivity contribution is 7.88. The second kappa shape index (κ2) is 5.42. The molecule has 1 N–H and O–H groups in total. The molecule has 0 radical (unpaired) electrons. The summed E-state index contributed by atoms with van der Waals surface area (Å²) in [5.41, 5.74) is 1.13. The van der Waals surface area contributed by atoms with Gasteiger partial charge in [0.05, 0.1) is 18.8 Å². The van der Waals surface area contributed by atoms with E-state index in [1.807, 2.05) is 6.07 Å². The molecule has 0 amide bonds. The lowest BCUT2D eigenvalue weighted by atomic mass is 10.0. The molecule has 1 aromatic rings. The molecular weight excluding hydrogens is 252 g/mol. The van der Waals surface area contributed by atoms with Gasteiger partial charge in [0.15, 0.2) is 0 Å². The molecule has 0 spiro atoms. The molecule has 1 atom stereocenters. The van der Waals surface area contributed by atoms with Crippen LogP contribution in [0.2, 0.25) is 0 Å². The molecule has 0 aliphatic carbocycles. The topological polar surface area (TPSA) is 62.6 Å². The Hall–Kier alpha value is -0.850. The highest BCUT2D eigenvalue weighted by Crippen LogP contribution is 2.18. The quantitative estimate of drug-likeness (QED) is 0.899. The first-order valence-corrected chi connectivity index (χ1v) is 8.05. The molecular formula is C12H20N2O3S. The lowest BCUT2D eigenvalue weighted by Crippen LogP contribution is -2.45. The average molecular weight is 272 g/mol. The highest BCUT2D eigenvalue weighted by Gasteiger charge is 2.25. The van der Waals surface area contributed by atoms with Gasteiger partial charge in [0, 0.05) is 30.7 Å². The predicted molar refractivity (Wildman–Crippen MR) is 69.7 cm³/mol. The van der Waals surface area contributed by atoms with Crippen molar-refractivity contribution in [2.45, 2.75) is 31.8 Å². The van der Waals surface area contributed by atoms with E-state index in [1.54, 1.807) is 16.8 Å². The van der Waals surface area contributed by atoms with Crippen molar-refractivity contribution >= 4 is 10.0 Å². The van der Waals surface area contributed by atoms with Crippen molar-refractivity contribution in [2.75, 3.05) is 19.3 Å². The van der Waals surface area contributed by atoms with Gasteiger partial charge in [-0.2, -0.15) is 0 Å². The van der Waals surface area contributed by atoms with Gasteiger partial charge in [-0.1, -0.05) is 0 Å². The van der Waals surface area contributed by atoms with Crippen LogP contribution >= 0.6 is 0 Å². The van der Waals surface area contributed by atoms with Crippen LogP contribution in [-0.2, 0) is 10.0 Å². The molecule has 2 heterocycles. The maximum Gasteiger partial charge on any atom is 0.211 e.